The minimum absolute atomic E-state index is 0.0890. The van der Waals surface area contributed by atoms with Crippen molar-refractivity contribution in [3.63, 3.8) is 0 Å². The van der Waals surface area contributed by atoms with Gasteiger partial charge < -0.3 is 9.80 Å². The normalized spacial score (nSPS) is 14.9. The Labute approximate surface area is 179 Å². The maximum Gasteiger partial charge on any atom is 0.241 e. The number of hydrogen-bond acceptors (Lipinski definition) is 3. The molecule has 2 aliphatic heterocycles. The average molecular weight is 406 g/mol. The van der Waals surface area contributed by atoms with Crippen LogP contribution in [0.5, 0.6) is 0 Å². The molecule has 0 N–H and O–H groups in total. The lowest BCUT2D eigenvalue weighted by atomic mass is 10.2. The van der Waals surface area contributed by atoms with Gasteiger partial charge in [-0.3, -0.25) is 14.5 Å². The summed E-state index contributed by atoms with van der Waals surface area (Å²) in [7, 11) is 0. The zero-order valence-electron chi connectivity index (χ0n) is 17.8. The number of rotatable bonds is 8. The summed E-state index contributed by atoms with van der Waals surface area (Å²) in [5.41, 5.74) is 4.51. The van der Waals surface area contributed by atoms with Crippen LogP contribution in [0.15, 0.2) is 48.5 Å². The van der Waals surface area contributed by atoms with Gasteiger partial charge in [0, 0.05) is 24.5 Å². The maximum absolute atomic E-state index is 13.1. The fourth-order valence-corrected chi connectivity index (χ4v) is 4.55. The van der Waals surface area contributed by atoms with Crippen LogP contribution < -0.4 is 9.80 Å². The molecule has 0 fully saturated rings. The summed E-state index contributed by atoms with van der Waals surface area (Å²) in [4.78, 5) is 32.0. The van der Waals surface area contributed by atoms with Gasteiger partial charge in [0.25, 0.3) is 0 Å². The molecule has 4 rings (SSSR count). The molecule has 0 aromatic heterocycles. The van der Waals surface area contributed by atoms with E-state index in [0.717, 1.165) is 63.1 Å². The molecule has 5 nitrogen and oxygen atoms in total. The molecule has 158 valence electrons. The topological polar surface area (TPSA) is 43.9 Å². The lowest BCUT2D eigenvalue weighted by Gasteiger charge is -2.27. The highest BCUT2D eigenvalue weighted by Crippen LogP contribution is 2.29. The van der Waals surface area contributed by atoms with Crippen molar-refractivity contribution in [2.24, 2.45) is 0 Å². The zero-order valence-corrected chi connectivity index (χ0v) is 17.8. The molecule has 0 saturated heterocycles. The van der Waals surface area contributed by atoms with Crippen molar-refractivity contribution in [2.75, 3.05) is 42.5 Å². The summed E-state index contributed by atoms with van der Waals surface area (Å²) in [5.74, 6) is 0.178. The number of para-hydroxylation sites is 2. The van der Waals surface area contributed by atoms with Gasteiger partial charge in [-0.25, -0.2) is 0 Å². The second-order valence-electron chi connectivity index (χ2n) is 8.27. The van der Waals surface area contributed by atoms with Crippen molar-refractivity contribution in [3.05, 3.63) is 59.7 Å². The third-order valence-electron chi connectivity index (χ3n) is 6.17. The van der Waals surface area contributed by atoms with Gasteiger partial charge in [-0.2, -0.15) is 0 Å². The van der Waals surface area contributed by atoms with E-state index in [2.05, 4.69) is 19.1 Å². The minimum Gasteiger partial charge on any atom is -0.311 e. The van der Waals surface area contributed by atoms with Crippen LogP contribution in [-0.4, -0.2) is 49.4 Å². The van der Waals surface area contributed by atoms with Gasteiger partial charge in [-0.05, 0) is 49.1 Å². The third-order valence-corrected chi connectivity index (χ3v) is 6.17. The van der Waals surface area contributed by atoms with Crippen LogP contribution >= 0.6 is 0 Å². The van der Waals surface area contributed by atoms with Gasteiger partial charge in [-0.1, -0.05) is 56.2 Å². The molecule has 0 atom stereocenters. The summed E-state index contributed by atoms with van der Waals surface area (Å²) >= 11 is 0. The molecule has 0 aliphatic carbocycles. The number of amides is 2. The Kier molecular flexibility index (Phi) is 6.48. The van der Waals surface area contributed by atoms with Gasteiger partial charge in [0.05, 0.1) is 13.1 Å². The van der Waals surface area contributed by atoms with E-state index < -0.39 is 0 Å². The largest absolute Gasteiger partial charge is 0.311 e. The van der Waals surface area contributed by atoms with E-state index in [-0.39, 0.29) is 11.8 Å². The number of anilines is 2. The molecule has 2 aromatic rings. The van der Waals surface area contributed by atoms with Crippen molar-refractivity contribution in [1.29, 1.82) is 0 Å². The Morgan fingerprint density at radius 1 is 0.800 bits per heavy atom. The summed E-state index contributed by atoms with van der Waals surface area (Å²) in [6.07, 6.45) is 5.04. The molecule has 5 heteroatoms. The summed E-state index contributed by atoms with van der Waals surface area (Å²) in [6.45, 7) is 4.99. The van der Waals surface area contributed by atoms with E-state index in [1.807, 2.05) is 51.1 Å². The van der Waals surface area contributed by atoms with E-state index in [0.29, 0.717) is 13.1 Å². The van der Waals surface area contributed by atoms with E-state index >= 15 is 0 Å². The molecule has 2 amide bonds. The molecule has 0 unspecified atom stereocenters. The van der Waals surface area contributed by atoms with Crippen molar-refractivity contribution < 1.29 is 9.59 Å². The Balaban J connectivity index is 1.43. The highest BCUT2D eigenvalue weighted by molar-refractivity contribution is 5.99. The van der Waals surface area contributed by atoms with Crippen LogP contribution in [0.3, 0.4) is 0 Å². The number of carbonyl (C=O) groups excluding carboxylic acids is 2. The van der Waals surface area contributed by atoms with Gasteiger partial charge in [-0.15, -0.1) is 0 Å². The van der Waals surface area contributed by atoms with E-state index in [1.54, 1.807) is 0 Å². The number of fused-ring (bicyclic) bond motifs is 2. The Morgan fingerprint density at radius 2 is 1.30 bits per heavy atom. The second-order valence-corrected chi connectivity index (χ2v) is 8.27. The number of benzene rings is 2. The number of carbonyl (C=O) groups is 2. The molecule has 0 radical (unpaired) electrons. The van der Waals surface area contributed by atoms with Gasteiger partial charge in [0.2, 0.25) is 11.8 Å². The van der Waals surface area contributed by atoms with Crippen molar-refractivity contribution in [3.8, 4) is 0 Å². The third kappa shape index (κ3) is 4.41. The van der Waals surface area contributed by atoms with Crippen LogP contribution in [0, 0.1) is 0 Å². The second kappa shape index (κ2) is 9.43. The van der Waals surface area contributed by atoms with Crippen LogP contribution in [0.2, 0.25) is 0 Å². The monoisotopic (exact) mass is 405 g/mol. The average Bonchev–Trinajstić information content (AvgIpc) is 3.38. The van der Waals surface area contributed by atoms with Crippen molar-refractivity contribution >= 4 is 23.2 Å². The molecule has 0 spiro atoms. The van der Waals surface area contributed by atoms with Crippen LogP contribution in [0.4, 0.5) is 11.4 Å². The molecule has 0 bridgehead atoms. The van der Waals surface area contributed by atoms with E-state index in [1.165, 1.54) is 11.1 Å². The van der Waals surface area contributed by atoms with Gasteiger partial charge in [0.15, 0.2) is 0 Å². The molecule has 2 aliphatic rings. The van der Waals surface area contributed by atoms with Crippen LogP contribution in [0.25, 0.3) is 0 Å². The van der Waals surface area contributed by atoms with Crippen LogP contribution in [0.1, 0.15) is 37.3 Å². The lowest BCUT2D eigenvalue weighted by Crippen LogP contribution is -2.45. The first-order chi connectivity index (χ1) is 14.7. The fraction of sp³-hybridized carbons (Fsp3) is 0.440. The first kappa shape index (κ1) is 20.6. The predicted octanol–water partition coefficient (Wildman–Crippen LogP) is 3.66. The number of unbranched alkanes of at least 4 members (excludes halogenated alkanes) is 2. The molecule has 2 aromatic carbocycles. The lowest BCUT2D eigenvalue weighted by molar-refractivity contribution is -0.122. The van der Waals surface area contributed by atoms with E-state index in [9.17, 15) is 9.59 Å². The van der Waals surface area contributed by atoms with Crippen LogP contribution in [-0.2, 0) is 22.4 Å². The highest BCUT2D eigenvalue weighted by atomic mass is 16.2. The molecular formula is C25H31N3O2. The Hall–Kier alpha value is -2.66. The summed E-state index contributed by atoms with van der Waals surface area (Å²) < 4.78 is 0. The molecule has 0 saturated carbocycles. The summed E-state index contributed by atoms with van der Waals surface area (Å²) in [5, 5.41) is 0. The molecule has 30 heavy (non-hydrogen) atoms. The fourth-order valence-electron chi connectivity index (χ4n) is 4.55. The molecule has 2 heterocycles. The minimum atomic E-state index is 0.0890. The quantitative estimate of drug-likeness (QED) is 0.630. The van der Waals surface area contributed by atoms with Crippen molar-refractivity contribution in [1.82, 2.24) is 4.90 Å². The smallest absolute Gasteiger partial charge is 0.241 e. The first-order valence-corrected chi connectivity index (χ1v) is 11.2. The highest BCUT2D eigenvalue weighted by Gasteiger charge is 2.29. The zero-order chi connectivity index (χ0) is 20.9. The number of nitrogens with zero attached hydrogens (tertiary/aromatic N) is 3. The van der Waals surface area contributed by atoms with Crippen molar-refractivity contribution in [2.45, 2.75) is 39.0 Å². The Bertz CT molecular complexity index is 841. The SMILES string of the molecule is CCCCCN(CC(=O)N1CCc2ccccc21)CC(=O)N1CCc2ccccc21. The Morgan fingerprint density at radius 3 is 1.80 bits per heavy atom. The standard InChI is InChI=1S/C25H31N3O2/c1-2-3-8-15-26(18-24(29)27-16-13-20-9-4-6-11-22(20)27)19-25(30)28-17-14-21-10-5-7-12-23(21)28/h4-7,9-12H,2-3,8,13-19H2,1H3. The van der Waals surface area contributed by atoms with Gasteiger partial charge in [0.1, 0.15) is 0 Å². The van der Waals surface area contributed by atoms with Gasteiger partial charge >= 0.3 is 0 Å². The van der Waals surface area contributed by atoms with E-state index in [4.69, 9.17) is 0 Å². The predicted molar refractivity (Wildman–Crippen MR) is 121 cm³/mol. The summed E-state index contributed by atoms with van der Waals surface area (Å²) in [6, 6.07) is 16.2. The molecular weight excluding hydrogens is 374 g/mol. The first-order valence-electron chi connectivity index (χ1n) is 11.2. The number of hydrogen-bond donors (Lipinski definition) is 0. The maximum atomic E-state index is 13.1.